The molecule has 0 saturated heterocycles. The Balaban J connectivity index is 2.92. The Hall–Kier alpha value is -1.27. The van der Waals surface area contributed by atoms with Crippen LogP contribution >= 0.6 is 15.9 Å². The van der Waals surface area contributed by atoms with Gasteiger partial charge in [0.1, 0.15) is 0 Å². The largest absolute Gasteiger partial charge is 0.490 e. The first-order valence-corrected chi connectivity index (χ1v) is 7.79. The molecular formula is C15H23BrN2O3. The summed E-state index contributed by atoms with van der Waals surface area (Å²) in [6.07, 6.45) is 0. The second-order valence-corrected chi connectivity index (χ2v) is 5.69. The molecular weight excluding hydrogens is 336 g/mol. The highest BCUT2D eigenvalue weighted by molar-refractivity contribution is 9.10. The quantitative estimate of drug-likeness (QED) is 0.749. The molecule has 1 aromatic rings. The minimum absolute atomic E-state index is 0.0429. The fraction of sp³-hybridized carbons (Fsp3) is 0.533. The number of carbonyl (C=O) groups excluding carboxylic acids is 1. The zero-order valence-electron chi connectivity index (χ0n) is 13.0. The van der Waals surface area contributed by atoms with E-state index in [1.54, 1.807) is 7.05 Å². The Morgan fingerprint density at radius 3 is 2.62 bits per heavy atom. The summed E-state index contributed by atoms with van der Waals surface area (Å²) in [6, 6.07) is 4.31. The average Bonchev–Trinajstić information content (AvgIpc) is 2.44. The van der Waals surface area contributed by atoms with Gasteiger partial charge in [-0.25, -0.2) is 0 Å². The maximum absolute atomic E-state index is 11.3. The summed E-state index contributed by atoms with van der Waals surface area (Å²) in [5, 5.41) is 5.88. The van der Waals surface area contributed by atoms with E-state index in [1.165, 1.54) is 0 Å². The molecule has 0 bridgehead atoms. The fourth-order valence-corrected chi connectivity index (χ4v) is 2.26. The molecule has 2 N–H and O–H groups in total. The number of rotatable bonds is 8. The smallest absolute Gasteiger partial charge is 0.257 e. The van der Waals surface area contributed by atoms with E-state index in [9.17, 15) is 4.79 Å². The van der Waals surface area contributed by atoms with Gasteiger partial charge in [0.2, 0.25) is 0 Å². The van der Waals surface area contributed by atoms with E-state index in [-0.39, 0.29) is 12.5 Å². The van der Waals surface area contributed by atoms with E-state index in [0.717, 1.165) is 16.6 Å². The van der Waals surface area contributed by atoms with Gasteiger partial charge in [-0.15, -0.1) is 0 Å². The molecule has 0 aliphatic rings. The lowest BCUT2D eigenvalue weighted by Crippen LogP contribution is -2.25. The van der Waals surface area contributed by atoms with Gasteiger partial charge >= 0.3 is 0 Å². The van der Waals surface area contributed by atoms with Crippen molar-refractivity contribution in [2.24, 2.45) is 0 Å². The third-order valence-electron chi connectivity index (χ3n) is 2.71. The van der Waals surface area contributed by atoms with Crippen LogP contribution in [-0.4, -0.2) is 32.2 Å². The van der Waals surface area contributed by atoms with Crippen LogP contribution in [0, 0.1) is 0 Å². The molecule has 0 aromatic heterocycles. The van der Waals surface area contributed by atoms with Gasteiger partial charge in [0.05, 0.1) is 11.1 Å². The van der Waals surface area contributed by atoms with E-state index in [0.29, 0.717) is 24.1 Å². The van der Waals surface area contributed by atoms with Crippen LogP contribution in [0.3, 0.4) is 0 Å². The van der Waals surface area contributed by atoms with Gasteiger partial charge in [0.25, 0.3) is 5.91 Å². The number of halogens is 1. The number of nitrogens with one attached hydrogen (secondary N) is 2. The molecule has 0 unspecified atom stereocenters. The van der Waals surface area contributed by atoms with Crippen LogP contribution in [0.5, 0.6) is 11.5 Å². The van der Waals surface area contributed by atoms with Crippen LogP contribution in [-0.2, 0) is 11.3 Å². The SMILES string of the molecule is CCOc1cc(CNC(C)C)cc(Br)c1OCC(=O)NC. The highest BCUT2D eigenvalue weighted by Gasteiger charge is 2.13. The first-order chi connectivity index (χ1) is 9.97. The lowest BCUT2D eigenvalue weighted by atomic mass is 10.2. The van der Waals surface area contributed by atoms with E-state index in [2.05, 4.69) is 40.4 Å². The van der Waals surface area contributed by atoms with E-state index < -0.39 is 0 Å². The monoisotopic (exact) mass is 358 g/mol. The molecule has 21 heavy (non-hydrogen) atoms. The van der Waals surface area contributed by atoms with Gasteiger partial charge in [-0.2, -0.15) is 0 Å². The summed E-state index contributed by atoms with van der Waals surface area (Å²) in [7, 11) is 1.57. The lowest BCUT2D eigenvalue weighted by molar-refractivity contribution is -0.122. The van der Waals surface area contributed by atoms with E-state index in [1.807, 2.05) is 19.1 Å². The number of ether oxygens (including phenoxy) is 2. The summed E-state index contributed by atoms with van der Waals surface area (Å²) < 4.78 is 11.9. The molecule has 5 nitrogen and oxygen atoms in total. The van der Waals surface area contributed by atoms with Crippen molar-refractivity contribution in [3.05, 3.63) is 22.2 Å². The molecule has 0 saturated carbocycles. The molecule has 0 atom stereocenters. The Labute approximate surface area is 134 Å². The van der Waals surface area contributed by atoms with Crippen molar-refractivity contribution in [1.82, 2.24) is 10.6 Å². The minimum atomic E-state index is -0.185. The highest BCUT2D eigenvalue weighted by atomic mass is 79.9. The number of benzene rings is 1. The minimum Gasteiger partial charge on any atom is -0.490 e. The normalized spacial score (nSPS) is 10.6. The van der Waals surface area contributed by atoms with Crippen molar-refractivity contribution in [2.45, 2.75) is 33.4 Å². The lowest BCUT2D eigenvalue weighted by Gasteiger charge is -2.16. The Kier molecular flexibility index (Phi) is 7.53. The van der Waals surface area contributed by atoms with Crippen molar-refractivity contribution >= 4 is 21.8 Å². The first kappa shape index (κ1) is 17.8. The second-order valence-electron chi connectivity index (χ2n) is 4.84. The van der Waals surface area contributed by atoms with Crippen LogP contribution < -0.4 is 20.1 Å². The van der Waals surface area contributed by atoms with Gasteiger partial charge < -0.3 is 20.1 Å². The Bertz CT molecular complexity index is 478. The van der Waals surface area contributed by atoms with Crippen molar-refractivity contribution in [3.8, 4) is 11.5 Å². The Morgan fingerprint density at radius 1 is 1.33 bits per heavy atom. The topological polar surface area (TPSA) is 59.6 Å². The van der Waals surface area contributed by atoms with Gasteiger partial charge in [0, 0.05) is 19.6 Å². The van der Waals surface area contributed by atoms with E-state index in [4.69, 9.17) is 9.47 Å². The maximum Gasteiger partial charge on any atom is 0.257 e. The molecule has 0 spiro atoms. The second kappa shape index (κ2) is 8.89. The van der Waals surface area contributed by atoms with Crippen molar-refractivity contribution < 1.29 is 14.3 Å². The van der Waals surface area contributed by atoms with Crippen LogP contribution in [0.1, 0.15) is 26.3 Å². The number of carbonyl (C=O) groups is 1. The Morgan fingerprint density at radius 2 is 2.05 bits per heavy atom. The molecule has 0 heterocycles. The van der Waals surface area contributed by atoms with Gasteiger partial charge in [0.15, 0.2) is 18.1 Å². The zero-order valence-corrected chi connectivity index (χ0v) is 14.5. The van der Waals surface area contributed by atoms with E-state index >= 15 is 0 Å². The average molecular weight is 359 g/mol. The molecule has 1 amide bonds. The number of amides is 1. The van der Waals surface area contributed by atoms with Gasteiger partial charge in [-0.05, 0) is 40.5 Å². The molecule has 118 valence electrons. The third kappa shape index (κ3) is 5.93. The predicted molar refractivity (Wildman–Crippen MR) is 86.8 cm³/mol. The molecule has 0 aliphatic carbocycles. The summed E-state index contributed by atoms with van der Waals surface area (Å²) in [6.45, 7) is 7.34. The molecule has 6 heteroatoms. The predicted octanol–water partition coefficient (Wildman–Crippen LogP) is 2.47. The standard InChI is InChI=1S/C15H23BrN2O3/c1-5-20-13-7-11(8-18-10(2)3)6-12(16)15(13)21-9-14(19)17-4/h6-7,10,18H,5,8-9H2,1-4H3,(H,17,19). The first-order valence-electron chi connectivity index (χ1n) is 6.99. The molecule has 1 aromatic carbocycles. The number of likely N-dealkylation sites (N-methyl/N-ethyl adjacent to an activating group) is 1. The summed E-state index contributed by atoms with van der Waals surface area (Å²) in [5.41, 5.74) is 1.09. The summed E-state index contributed by atoms with van der Waals surface area (Å²) in [4.78, 5) is 11.3. The fourth-order valence-electron chi connectivity index (χ4n) is 1.66. The van der Waals surface area contributed by atoms with Gasteiger partial charge in [-0.3, -0.25) is 4.79 Å². The van der Waals surface area contributed by atoms with Crippen molar-refractivity contribution in [3.63, 3.8) is 0 Å². The van der Waals surface area contributed by atoms with Crippen molar-refractivity contribution in [2.75, 3.05) is 20.3 Å². The summed E-state index contributed by atoms with van der Waals surface area (Å²) in [5.74, 6) is 1.000. The number of hydrogen-bond acceptors (Lipinski definition) is 4. The third-order valence-corrected chi connectivity index (χ3v) is 3.30. The summed E-state index contributed by atoms with van der Waals surface area (Å²) >= 11 is 3.48. The van der Waals surface area contributed by atoms with Crippen LogP contribution in [0.2, 0.25) is 0 Å². The zero-order chi connectivity index (χ0) is 15.8. The van der Waals surface area contributed by atoms with Crippen LogP contribution in [0.15, 0.2) is 16.6 Å². The van der Waals surface area contributed by atoms with Crippen molar-refractivity contribution in [1.29, 1.82) is 0 Å². The molecule has 0 fully saturated rings. The number of hydrogen-bond donors (Lipinski definition) is 2. The molecule has 0 radical (unpaired) electrons. The highest BCUT2D eigenvalue weighted by Crippen LogP contribution is 2.37. The molecule has 0 aliphatic heterocycles. The maximum atomic E-state index is 11.3. The van der Waals surface area contributed by atoms with Crippen LogP contribution in [0.4, 0.5) is 0 Å². The van der Waals surface area contributed by atoms with Gasteiger partial charge in [-0.1, -0.05) is 13.8 Å². The molecule has 1 rings (SSSR count). The van der Waals surface area contributed by atoms with Crippen LogP contribution in [0.25, 0.3) is 0 Å².